The molecule has 3 N–H and O–H groups in total. The number of halogens is 2. The molecule has 0 fully saturated rings. The highest BCUT2D eigenvalue weighted by atomic mass is 79.9. The van der Waals surface area contributed by atoms with Crippen molar-refractivity contribution in [1.29, 1.82) is 5.41 Å². The van der Waals surface area contributed by atoms with Crippen molar-refractivity contribution in [3.8, 4) is 11.5 Å². The second kappa shape index (κ2) is 5.54. The Morgan fingerprint density at radius 3 is 2.44 bits per heavy atom. The first-order valence-electron chi connectivity index (χ1n) is 5.14. The highest BCUT2D eigenvalue weighted by molar-refractivity contribution is 9.11. The Morgan fingerprint density at radius 1 is 1.06 bits per heavy atom. The van der Waals surface area contributed by atoms with E-state index in [-0.39, 0.29) is 5.84 Å². The van der Waals surface area contributed by atoms with Crippen molar-refractivity contribution in [2.45, 2.75) is 0 Å². The van der Waals surface area contributed by atoms with Crippen LogP contribution in [-0.4, -0.2) is 5.84 Å². The minimum atomic E-state index is -0.0150. The van der Waals surface area contributed by atoms with E-state index in [1.165, 1.54) is 0 Å². The van der Waals surface area contributed by atoms with Gasteiger partial charge in [-0.05, 0) is 46.3 Å². The summed E-state index contributed by atoms with van der Waals surface area (Å²) < 4.78 is 7.56. The SMILES string of the molecule is N=C(N)c1ccccc1Oc1ccc(Br)cc1Br. The summed E-state index contributed by atoms with van der Waals surface area (Å²) in [7, 11) is 0. The van der Waals surface area contributed by atoms with E-state index >= 15 is 0 Å². The van der Waals surface area contributed by atoms with Crippen molar-refractivity contribution in [2.24, 2.45) is 5.73 Å². The molecule has 92 valence electrons. The highest BCUT2D eigenvalue weighted by Crippen LogP contribution is 2.33. The maximum Gasteiger partial charge on any atom is 0.141 e. The smallest absolute Gasteiger partial charge is 0.141 e. The zero-order chi connectivity index (χ0) is 13.1. The molecule has 0 unspecified atom stereocenters. The third-order valence-electron chi connectivity index (χ3n) is 2.29. The summed E-state index contributed by atoms with van der Waals surface area (Å²) in [5.41, 5.74) is 6.09. The van der Waals surface area contributed by atoms with Crippen LogP contribution in [-0.2, 0) is 0 Å². The van der Waals surface area contributed by atoms with Gasteiger partial charge in [0.25, 0.3) is 0 Å². The Balaban J connectivity index is 2.37. The van der Waals surface area contributed by atoms with Gasteiger partial charge in [-0.25, -0.2) is 0 Å². The maximum atomic E-state index is 7.51. The molecule has 18 heavy (non-hydrogen) atoms. The fourth-order valence-electron chi connectivity index (χ4n) is 1.45. The molecule has 0 spiro atoms. The number of nitrogens with one attached hydrogen (secondary N) is 1. The van der Waals surface area contributed by atoms with Crippen LogP contribution < -0.4 is 10.5 Å². The van der Waals surface area contributed by atoms with Gasteiger partial charge in [-0.2, -0.15) is 0 Å². The Morgan fingerprint density at radius 2 is 1.78 bits per heavy atom. The number of hydrogen-bond donors (Lipinski definition) is 2. The van der Waals surface area contributed by atoms with E-state index in [1.54, 1.807) is 12.1 Å². The molecule has 0 aliphatic carbocycles. The van der Waals surface area contributed by atoms with Gasteiger partial charge in [0.05, 0.1) is 10.0 Å². The van der Waals surface area contributed by atoms with Crippen LogP contribution in [0.15, 0.2) is 51.4 Å². The second-order valence-corrected chi connectivity index (χ2v) is 5.36. The van der Waals surface area contributed by atoms with Gasteiger partial charge < -0.3 is 10.5 Å². The lowest BCUT2D eigenvalue weighted by atomic mass is 10.2. The summed E-state index contributed by atoms with van der Waals surface area (Å²) in [6.45, 7) is 0. The van der Waals surface area contributed by atoms with Crippen molar-refractivity contribution in [3.05, 3.63) is 57.0 Å². The Kier molecular flexibility index (Phi) is 4.04. The summed E-state index contributed by atoms with van der Waals surface area (Å²) in [5, 5.41) is 7.51. The van der Waals surface area contributed by atoms with Gasteiger partial charge in [0, 0.05) is 4.47 Å². The average Bonchev–Trinajstić information content (AvgIpc) is 2.33. The first kappa shape index (κ1) is 13.1. The van der Waals surface area contributed by atoms with Crippen LogP contribution >= 0.6 is 31.9 Å². The molecule has 5 heteroatoms. The number of rotatable bonds is 3. The van der Waals surface area contributed by atoms with E-state index in [1.807, 2.05) is 30.3 Å². The topological polar surface area (TPSA) is 59.1 Å². The molecule has 0 saturated heterocycles. The Hall–Kier alpha value is -1.33. The lowest BCUT2D eigenvalue weighted by Gasteiger charge is -2.11. The van der Waals surface area contributed by atoms with Crippen LogP contribution in [0.25, 0.3) is 0 Å². The van der Waals surface area contributed by atoms with Gasteiger partial charge in [-0.3, -0.25) is 5.41 Å². The molecule has 0 amide bonds. The highest BCUT2D eigenvalue weighted by Gasteiger charge is 2.09. The number of hydrogen-bond acceptors (Lipinski definition) is 2. The largest absolute Gasteiger partial charge is 0.455 e. The van der Waals surface area contributed by atoms with Gasteiger partial charge in [-0.15, -0.1) is 0 Å². The van der Waals surface area contributed by atoms with Gasteiger partial charge >= 0.3 is 0 Å². The van der Waals surface area contributed by atoms with Crippen molar-refractivity contribution >= 4 is 37.7 Å². The molecular formula is C13H10Br2N2O. The molecule has 3 nitrogen and oxygen atoms in total. The third kappa shape index (κ3) is 2.91. The first-order valence-corrected chi connectivity index (χ1v) is 6.73. The molecule has 2 aromatic rings. The summed E-state index contributed by atoms with van der Waals surface area (Å²) in [6, 6.07) is 12.8. The Bertz CT molecular complexity index is 599. The molecule has 2 aromatic carbocycles. The van der Waals surface area contributed by atoms with E-state index in [2.05, 4.69) is 31.9 Å². The molecular weight excluding hydrogens is 360 g/mol. The van der Waals surface area contributed by atoms with E-state index < -0.39 is 0 Å². The second-order valence-electron chi connectivity index (χ2n) is 3.59. The molecule has 0 aliphatic heterocycles. The van der Waals surface area contributed by atoms with Crippen LogP contribution in [0.1, 0.15) is 5.56 Å². The number of amidine groups is 1. The summed E-state index contributed by atoms with van der Waals surface area (Å²) in [4.78, 5) is 0. The van der Waals surface area contributed by atoms with Gasteiger partial charge in [-0.1, -0.05) is 28.1 Å². The van der Waals surface area contributed by atoms with Crippen LogP contribution in [0.2, 0.25) is 0 Å². The van der Waals surface area contributed by atoms with Gasteiger partial charge in [0.2, 0.25) is 0 Å². The zero-order valence-electron chi connectivity index (χ0n) is 9.28. The minimum Gasteiger partial charge on any atom is -0.455 e. The normalized spacial score (nSPS) is 10.1. The third-order valence-corrected chi connectivity index (χ3v) is 3.40. The van der Waals surface area contributed by atoms with E-state index in [0.717, 1.165) is 8.95 Å². The van der Waals surface area contributed by atoms with Crippen molar-refractivity contribution in [2.75, 3.05) is 0 Å². The van der Waals surface area contributed by atoms with Crippen molar-refractivity contribution < 1.29 is 4.74 Å². The quantitative estimate of drug-likeness (QED) is 0.626. The lowest BCUT2D eigenvalue weighted by Crippen LogP contribution is -2.12. The number of benzene rings is 2. The van der Waals surface area contributed by atoms with E-state index in [4.69, 9.17) is 15.9 Å². The maximum absolute atomic E-state index is 7.51. The fourth-order valence-corrected chi connectivity index (χ4v) is 2.58. The lowest BCUT2D eigenvalue weighted by molar-refractivity contribution is 0.478. The minimum absolute atomic E-state index is 0.0150. The molecule has 0 radical (unpaired) electrons. The van der Waals surface area contributed by atoms with Gasteiger partial charge in [0.15, 0.2) is 0 Å². The molecule has 2 rings (SSSR count). The van der Waals surface area contributed by atoms with Crippen LogP contribution in [0.3, 0.4) is 0 Å². The fraction of sp³-hybridized carbons (Fsp3) is 0. The molecule has 0 saturated carbocycles. The number of nitrogens with two attached hydrogens (primary N) is 1. The van der Waals surface area contributed by atoms with Crippen molar-refractivity contribution in [1.82, 2.24) is 0 Å². The standard InChI is InChI=1S/C13H10Br2N2O/c14-8-5-6-12(10(15)7-8)18-11-4-2-1-3-9(11)13(16)17/h1-7H,(H3,16,17). The molecule has 0 heterocycles. The number of nitrogen functional groups attached to an aromatic ring is 1. The summed E-state index contributed by atoms with van der Waals surface area (Å²) in [6.07, 6.45) is 0. The van der Waals surface area contributed by atoms with E-state index in [9.17, 15) is 0 Å². The summed E-state index contributed by atoms with van der Waals surface area (Å²) >= 11 is 6.81. The van der Waals surface area contributed by atoms with Crippen LogP contribution in [0.5, 0.6) is 11.5 Å². The van der Waals surface area contributed by atoms with Crippen LogP contribution in [0, 0.1) is 5.41 Å². The first-order chi connectivity index (χ1) is 8.58. The van der Waals surface area contributed by atoms with Crippen molar-refractivity contribution in [3.63, 3.8) is 0 Å². The molecule has 0 aromatic heterocycles. The Labute approximate surface area is 122 Å². The average molecular weight is 370 g/mol. The summed E-state index contributed by atoms with van der Waals surface area (Å²) in [5.74, 6) is 1.22. The molecule has 0 bridgehead atoms. The van der Waals surface area contributed by atoms with Gasteiger partial charge in [0.1, 0.15) is 17.3 Å². The predicted molar refractivity (Wildman–Crippen MR) is 79.4 cm³/mol. The van der Waals surface area contributed by atoms with Crippen LogP contribution in [0.4, 0.5) is 0 Å². The van der Waals surface area contributed by atoms with E-state index in [0.29, 0.717) is 17.1 Å². The predicted octanol–water partition coefficient (Wildman–Crippen LogP) is 4.29. The number of para-hydroxylation sites is 1. The molecule has 0 aliphatic rings. The monoisotopic (exact) mass is 368 g/mol. The zero-order valence-corrected chi connectivity index (χ0v) is 12.5. The molecule has 0 atom stereocenters. The number of ether oxygens (including phenoxy) is 1.